The molecule has 1 aromatic rings. The monoisotopic (exact) mass is 179 g/mol. The van der Waals surface area contributed by atoms with Crippen molar-refractivity contribution in [3.05, 3.63) is 23.8 Å². The first-order valence-corrected chi connectivity index (χ1v) is 4.67. The van der Waals surface area contributed by atoms with Crippen LogP contribution < -0.4 is 5.73 Å². The molecule has 2 nitrogen and oxygen atoms in total. The molecule has 0 saturated carbocycles. The molecule has 0 amide bonds. The minimum absolute atomic E-state index is 0.196. The van der Waals surface area contributed by atoms with Crippen molar-refractivity contribution in [3.63, 3.8) is 0 Å². The Hall–Kier alpha value is -1.18. The lowest BCUT2D eigenvalue weighted by Gasteiger charge is -2.08. The fourth-order valence-electron chi connectivity index (χ4n) is 1.26. The molecule has 0 bridgehead atoms. The number of para-hydroxylation sites is 1. The van der Waals surface area contributed by atoms with Gasteiger partial charge in [-0.15, -0.1) is 0 Å². The van der Waals surface area contributed by atoms with Gasteiger partial charge in [-0.25, -0.2) is 0 Å². The average molecular weight is 179 g/mol. The molecule has 0 spiro atoms. The Balaban J connectivity index is 2.71. The number of nitrogen functional groups attached to an aromatic ring is 1. The maximum absolute atomic E-state index is 9.34. The van der Waals surface area contributed by atoms with E-state index < -0.39 is 0 Å². The van der Waals surface area contributed by atoms with Gasteiger partial charge in [0.1, 0.15) is 5.75 Å². The highest BCUT2D eigenvalue weighted by molar-refractivity contribution is 5.57. The highest BCUT2D eigenvalue weighted by atomic mass is 16.3. The largest absolute Gasteiger partial charge is 0.506 e. The summed E-state index contributed by atoms with van der Waals surface area (Å²) in [5.41, 5.74) is 7.30. The predicted octanol–water partition coefficient (Wildman–Crippen LogP) is 2.56. The number of rotatable bonds is 3. The molecule has 0 aliphatic carbocycles. The van der Waals surface area contributed by atoms with Crippen LogP contribution in [0.5, 0.6) is 5.75 Å². The molecule has 3 N–H and O–H groups in total. The molecular formula is C11H17NO. The summed E-state index contributed by atoms with van der Waals surface area (Å²) in [5, 5.41) is 9.34. The van der Waals surface area contributed by atoms with Gasteiger partial charge in [-0.2, -0.15) is 0 Å². The fraction of sp³-hybridized carbons (Fsp3) is 0.455. The zero-order valence-corrected chi connectivity index (χ0v) is 8.25. The van der Waals surface area contributed by atoms with Gasteiger partial charge in [-0.05, 0) is 30.4 Å². The summed E-state index contributed by atoms with van der Waals surface area (Å²) < 4.78 is 0. The summed E-state index contributed by atoms with van der Waals surface area (Å²) in [7, 11) is 0. The van der Waals surface area contributed by atoms with Crippen molar-refractivity contribution < 1.29 is 5.11 Å². The first-order valence-electron chi connectivity index (χ1n) is 4.67. The van der Waals surface area contributed by atoms with Crippen LogP contribution >= 0.6 is 0 Å². The van der Waals surface area contributed by atoms with Gasteiger partial charge in [-0.3, -0.25) is 0 Å². The molecule has 0 aromatic heterocycles. The van der Waals surface area contributed by atoms with Crippen molar-refractivity contribution in [2.24, 2.45) is 5.92 Å². The average Bonchev–Trinajstić information content (AvgIpc) is 2.07. The van der Waals surface area contributed by atoms with Crippen LogP contribution in [-0.4, -0.2) is 5.11 Å². The third-order valence-electron chi connectivity index (χ3n) is 2.16. The van der Waals surface area contributed by atoms with Crippen molar-refractivity contribution in [1.29, 1.82) is 0 Å². The molecule has 0 aliphatic rings. The van der Waals surface area contributed by atoms with Crippen molar-refractivity contribution in [1.82, 2.24) is 0 Å². The molecule has 0 fully saturated rings. The lowest BCUT2D eigenvalue weighted by atomic mass is 10.0. The van der Waals surface area contributed by atoms with Gasteiger partial charge < -0.3 is 10.8 Å². The highest BCUT2D eigenvalue weighted by Gasteiger charge is 2.03. The van der Waals surface area contributed by atoms with E-state index in [1.807, 2.05) is 12.1 Å². The molecule has 1 aromatic carbocycles. The number of nitrogens with two attached hydrogens (primary N) is 1. The third-order valence-corrected chi connectivity index (χ3v) is 2.16. The number of hydrogen-bond donors (Lipinski definition) is 2. The zero-order chi connectivity index (χ0) is 9.84. The molecule has 0 radical (unpaired) electrons. The van der Waals surface area contributed by atoms with E-state index in [1.54, 1.807) is 6.07 Å². The summed E-state index contributed by atoms with van der Waals surface area (Å²) in [6.45, 7) is 4.36. The minimum Gasteiger partial charge on any atom is -0.506 e. The quantitative estimate of drug-likeness (QED) is 0.553. The lowest BCUT2D eigenvalue weighted by Crippen LogP contribution is -1.97. The van der Waals surface area contributed by atoms with E-state index in [0.717, 1.165) is 18.4 Å². The summed E-state index contributed by atoms with van der Waals surface area (Å²) in [4.78, 5) is 0. The number of aryl methyl sites for hydroxylation is 1. The Bertz CT molecular complexity index is 281. The Morgan fingerprint density at radius 2 is 2.08 bits per heavy atom. The lowest BCUT2D eigenvalue weighted by molar-refractivity contribution is 0.477. The SMILES string of the molecule is CC(C)CCc1cccc(O)c1N. The molecule has 72 valence electrons. The minimum atomic E-state index is 0.196. The number of aromatic hydroxyl groups is 1. The molecule has 13 heavy (non-hydrogen) atoms. The number of benzene rings is 1. The van der Waals surface area contributed by atoms with E-state index >= 15 is 0 Å². The van der Waals surface area contributed by atoms with Crippen LogP contribution in [0.2, 0.25) is 0 Å². The Labute approximate surface area is 79.4 Å². The van der Waals surface area contributed by atoms with Gasteiger partial charge in [0.25, 0.3) is 0 Å². The molecule has 0 aliphatic heterocycles. The van der Waals surface area contributed by atoms with Crippen LogP contribution in [0.25, 0.3) is 0 Å². The van der Waals surface area contributed by atoms with E-state index in [0.29, 0.717) is 11.6 Å². The smallest absolute Gasteiger partial charge is 0.138 e. The Morgan fingerprint density at radius 1 is 1.38 bits per heavy atom. The van der Waals surface area contributed by atoms with E-state index in [9.17, 15) is 5.11 Å². The maximum atomic E-state index is 9.34. The second-order valence-electron chi connectivity index (χ2n) is 3.78. The fourth-order valence-corrected chi connectivity index (χ4v) is 1.26. The van der Waals surface area contributed by atoms with Crippen LogP contribution in [0.4, 0.5) is 5.69 Å². The molecule has 1 rings (SSSR count). The summed E-state index contributed by atoms with van der Waals surface area (Å²) in [5.74, 6) is 0.864. The predicted molar refractivity (Wildman–Crippen MR) is 55.7 cm³/mol. The van der Waals surface area contributed by atoms with Gasteiger partial charge in [-0.1, -0.05) is 26.0 Å². The third kappa shape index (κ3) is 2.65. The van der Waals surface area contributed by atoms with Crippen LogP contribution in [0.3, 0.4) is 0 Å². The molecular weight excluding hydrogens is 162 g/mol. The van der Waals surface area contributed by atoms with E-state index in [4.69, 9.17) is 5.73 Å². The molecule has 0 heterocycles. The van der Waals surface area contributed by atoms with Crippen LogP contribution in [-0.2, 0) is 6.42 Å². The van der Waals surface area contributed by atoms with Gasteiger partial charge in [0, 0.05) is 0 Å². The van der Waals surface area contributed by atoms with Crippen molar-refractivity contribution >= 4 is 5.69 Å². The molecule has 0 unspecified atom stereocenters. The number of anilines is 1. The maximum Gasteiger partial charge on any atom is 0.138 e. The van der Waals surface area contributed by atoms with Gasteiger partial charge >= 0.3 is 0 Å². The van der Waals surface area contributed by atoms with Crippen LogP contribution in [0.1, 0.15) is 25.8 Å². The van der Waals surface area contributed by atoms with Gasteiger partial charge in [0.2, 0.25) is 0 Å². The van der Waals surface area contributed by atoms with E-state index in [-0.39, 0.29) is 5.75 Å². The normalized spacial score (nSPS) is 10.7. The zero-order valence-electron chi connectivity index (χ0n) is 8.25. The Kier molecular flexibility index (Phi) is 3.18. The Morgan fingerprint density at radius 3 is 2.69 bits per heavy atom. The first kappa shape index (κ1) is 9.90. The second kappa shape index (κ2) is 4.17. The summed E-state index contributed by atoms with van der Waals surface area (Å²) in [6, 6.07) is 5.42. The van der Waals surface area contributed by atoms with Gasteiger partial charge in [0.05, 0.1) is 5.69 Å². The molecule has 0 saturated heterocycles. The standard InChI is InChI=1S/C11H17NO/c1-8(2)6-7-9-4-3-5-10(13)11(9)12/h3-5,8,13H,6-7,12H2,1-2H3. The summed E-state index contributed by atoms with van der Waals surface area (Å²) >= 11 is 0. The number of phenolic OH excluding ortho intramolecular Hbond substituents is 1. The second-order valence-corrected chi connectivity index (χ2v) is 3.78. The summed E-state index contributed by atoms with van der Waals surface area (Å²) in [6.07, 6.45) is 2.05. The van der Waals surface area contributed by atoms with Crippen molar-refractivity contribution in [2.75, 3.05) is 5.73 Å². The molecule has 0 atom stereocenters. The van der Waals surface area contributed by atoms with E-state index in [2.05, 4.69) is 13.8 Å². The highest BCUT2D eigenvalue weighted by Crippen LogP contribution is 2.25. The topological polar surface area (TPSA) is 46.2 Å². The number of hydrogen-bond acceptors (Lipinski definition) is 2. The van der Waals surface area contributed by atoms with Gasteiger partial charge in [0.15, 0.2) is 0 Å². The van der Waals surface area contributed by atoms with Crippen molar-refractivity contribution in [3.8, 4) is 5.75 Å². The molecule has 2 heteroatoms. The van der Waals surface area contributed by atoms with Crippen LogP contribution in [0, 0.1) is 5.92 Å². The van der Waals surface area contributed by atoms with E-state index in [1.165, 1.54) is 0 Å². The number of phenols is 1. The van der Waals surface area contributed by atoms with Crippen LogP contribution in [0.15, 0.2) is 18.2 Å². The first-order chi connectivity index (χ1) is 6.11. The van der Waals surface area contributed by atoms with Crippen molar-refractivity contribution in [2.45, 2.75) is 26.7 Å².